The molecule has 0 bridgehead atoms. The second-order valence-electron chi connectivity index (χ2n) is 2.82. The fourth-order valence-electron chi connectivity index (χ4n) is 1.43. The van der Waals surface area contributed by atoms with E-state index >= 15 is 0 Å². The highest BCUT2D eigenvalue weighted by Gasteiger charge is 2.22. The molecule has 0 aliphatic carbocycles. The molecule has 1 aromatic heterocycles. The number of fused-ring (bicyclic) bond motifs is 1. The molecule has 1 aromatic rings. The summed E-state index contributed by atoms with van der Waals surface area (Å²) in [4.78, 5) is 4.11. The molecule has 0 aromatic carbocycles. The van der Waals surface area contributed by atoms with E-state index in [1.807, 2.05) is 4.68 Å². The number of hydrogen-bond acceptors (Lipinski definition) is 4. The number of hydrogen-bond donors (Lipinski definition) is 1. The molecule has 0 amide bonds. The molecular weight excluding hydrogens is 156 g/mol. The average molecular weight is 168 g/mol. The zero-order valence-electron chi connectivity index (χ0n) is 7.03. The van der Waals surface area contributed by atoms with Gasteiger partial charge in [-0.3, -0.25) is 0 Å². The van der Waals surface area contributed by atoms with E-state index in [0.29, 0.717) is 12.6 Å². The minimum absolute atomic E-state index is 0.0727. The van der Waals surface area contributed by atoms with Crippen LogP contribution in [0.15, 0.2) is 0 Å². The van der Waals surface area contributed by atoms with Crippen LogP contribution in [0.2, 0.25) is 0 Å². The van der Waals surface area contributed by atoms with E-state index in [9.17, 15) is 0 Å². The van der Waals surface area contributed by atoms with Gasteiger partial charge in [-0.1, -0.05) is 6.92 Å². The number of nitrogens with two attached hydrogens (primary N) is 1. The van der Waals surface area contributed by atoms with Gasteiger partial charge >= 0.3 is 0 Å². The maximum absolute atomic E-state index is 5.49. The largest absolute Gasteiger partial charge is 0.368 e. The van der Waals surface area contributed by atoms with Gasteiger partial charge in [0, 0.05) is 0 Å². The van der Waals surface area contributed by atoms with Crippen molar-refractivity contribution in [1.29, 1.82) is 0 Å². The normalized spacial score (nSPS) is 22.2. The number of rotatable bonds is 1. The summed E-state index contributed by atoms with van der Waals surface area (Å²) >= 11 is 0. The lowest BCUT2D eigenvalue weighted by molar-refractivity contribution is 0.0113. The van der Waals surface area contributed by atoms with Gasteiger partial charge in [-0.15, -0.1) is 5.10 Å². The van der Waals surface area contributed by atoms with E-state index in [4.69, 9.17) is 10.5 Å². The van der Waals surface area contributed by atoms with Crippen LogP contribution in [0.25, 0.3) is 0 Å². The highest BCUT2D eigenvalue weighted by Crippen LogP contribution is 2.23. The number of aromatic nitrogens is 3. The fraction of sp³-hybridized carbons (Fsp3) is 0.714. The zero-order valence-corrected chi connectivity index (χ0v) is 7.03. The zero-order chi connectivity index (χ0) is 8.55. The number of nitrogens with zero attached hydrogens (tertiary/aromatic N) is 3. The molecule has 1 aliphatic rings. The van der Waals surface area contributed by atoms with E-state index in [0.717, 1.165) is 18.8 Å². The Hall–Kier alpha value is -1.10. The van der Waals surface area contributed by atoms with Crippen LogP contribution in [-0.4, -0.2) is 21.4 Å². The first-order chi connectivity index (χ1) is 5.81. The van der Waals surface area contributed by atoms with Gasteiger partial charge in [0.25, 0.3) is 0 Å². The predicted octanol–water partition coefficient (Wildman–Crippen LogP) is 0.342. The minimum Gasteiger partial charge on any atom is -0.368 e. The molecule has 0 fully saturated rings. The molecule has 12 heavy (non-hydrogen) atoms. The summed E-state index contributed by atoms with van der Waals surface area (Å²) in [5.41, 5.74) is 5.48. The molecule has 1 atom stereocenters. The molecular formula is C7H12N4O. The monoisotopic (exact) mass is 168 g/mol. The average Bonchev–Trinajstić information content (AvgIpc) is 2.44. The maximum atomic E-state index is 5.49. The standard InChI is InChI=1S/C7H12N4O/c1-2-5-6-9-7(8)10-11(6)3-4-12-5/h5H,2-4H2,1H3,(H2,8,10). The molecule has 0 saturated carbocycles. The third kappa shape index (κ3) is 1.06. The first-order valence-corrected chi connectivity index (χ1v) is 4.13. The van der Waals surface area contributed by atoms with Crippen molar-refractivity contribution < 1.29 is 4.74 Å². The van der Waals surface area contributed by atoms with Crippen molar-refractivity contribution in [3.63, 3.8) is 0 Å². The van der Waals surface area contributed by atoms with Crippen molar-refractivity contribution >= 4 is 5.95 Å². The third-order valence-electron chi connectivity index (χ3n) is 2.00. The van der Waals surface area contributed by atoms with Gasteiger partial charge < -0.3 is 10.5 Å². The second-order valence-corrected chi connectivity index (χ2v) is 2.82. The maximum Gasteiger partial charge on any atom is 0.239 e. The minimum atomic E-state index is 0.0727. The lowest BCUT2D eigenvalue weighted by atomic mass is 10.2. The topological polar surface area (TPSA) is 66.0 Å². The van der Waals surface area contributed by atoms with E-state index in [-0.39, 0.29) is 6.10 Å². The van der Waals surface area contributed by atoms with Crippen LogP contribution in [0.4, 0.5) is 5.95 Å². The van der Waals surface area contributed by atoms with E-state index in [2.05, 4.69) is 17.0 Å². The van der Waals surface area contributed by atoms with Crippen LogP contribution in [0.5, 0.6) is 0 Å². The molecule has 66 valence electrons. The van der Waals surface area contributed by atoms with Crippen LogP contribution in [0, 0.1) is 0 Å². The molecule has 2 heterocycles. The molecule has 0 spiro atoms. The molecule has 1 unspecified atom stereocenters. The van der Waals surface area contributed by atoms with Crippen LogP contribution in [0.1, 0.15) is 25.3 Å². The summed E-state index contributed by atoms with van der Waals surface area (Å²) in [6.45, 7) is 3.52. The quantitative estimate of drug-likeness (QED) is 0.656. The van der Waals surface area contributed by atoms with Crippen molar-refractivity contribution in [2.75, 3.05) is 12.3 Å². The first-order valence-electron chi connectivity index (χ1n) is 4.13. The van der Waals surface area contributed by atoms with Crippen LogP contribution in [-0.2, 0) is 11.3 Å². The Bertz CT molecular complexity index is 283. The molecule has 0 saturated heterocycles. The smallest absolute Gasteiger partial charge is 0.239 e. The van der Waals surface area contributed by atoms with E-state index < -0.39 is 0 Å². The molecule has 2 rings (SSSR count). The lowest BCUT2D eigenvalue weighted by Crippen LogP contribution is -2.22. The Balaban J connectivity index is 2.36. The van der Waals surface area contributed by atoms with Crippen molar-refractivity contribution in [3.8, 4) is 0 Å². The Labute approximate surface area is 70.5 Å². The van der Waals surface area contributed by atoms with Gasteiger partial charge in [-0.2, -0.15) is 4.98 Å². The Morgan fingerprint density at radius 3 is 3.33 bits per heavy atom. The highest BCUT2D eigenvalue weighted by molar-refractivity contribution is 5.15. The Kier molecular flexibility index (Phi) is 1.73. The van der Waals surface area contributed by atoms with Gasteiger partial charge in [0.1, 0.15) is 6.10 Å². The molecule has 2 N–H and O–H groups in total. The predicted molar refractivity (Wildman–Crippen MR) is 43.4 cm³/mol. The van der Waals surface area contributed by atoms with Crippen LogP contribution < -0.4 is 5.73 Å². The van der Waals surface area contributed by atoms with E-state index in [1.54, 1.807) is 0 Å². The van der Waals surface area contributed by atoms with Gasteiger partial charge in [0.15, 0.2) is 5.82 Å². The van der Waals surface area contributed by atoms with Crippen molar-refractivity contribution in [2.45, 2.75) is 26.0 Å². The van der Waals surface area contributed by atoms with Gasteiger partial charge in [-0.05, 0) is 6.42 Å². The Morgan fingerprint density at radius 2 is 2.58 bits per heavy atom. The summed E-state index contributed by atoms with van der Waals surface area (Å²) in [6, 6.07) is 0. The van der Waals surface area contributed by atoms with Crippen LogP contribution >= 0.6 is 0 Å². The fourth-order valence-corrected chi connectivity index (χ4v) is 1.43. The third-order valence-corrected chi connectivity index (χ3v) is 2.00. The summed E-state index contributed by atoms with van der Waals surface area (Å²) in [7, 11) is 0. The molecule has 0 radical (unpaired) electrons. The number of anilines is 1. The molecule has 5 nitrogen and oxygen atoms in total. The van der Waals surface area contributed by atoms with E-state index in [1.165, 1.54) is 0 Å². The Morgan fingerprint density at radius 1 is 1.75 bits per heavy atom. The number of nitrogen functional groups attached to an aromatic ring is 1. The first kappa shape index (κ1) is 7.54. The highest BCUT2D eigenvalue weighted by atomic mass is 16.5. The lowest BCUT2D eigenvalue weighted by Gasteiger charge is -2.21. The van der Waals surface area contributed by atoms with Gasteiger partial charge in [-0.25, -0.2) is 4.68 Å². The SMILES string of the molecule is CCC1OCCn2nc(N)nc21. The summed E-state index contributed by atoms with van der Waals surface area (Å²) in [5, 5.41) is 4.05. The molecule has 1 aliphatic heterocycles. The summed E-state index contributed by atoms with van der Waals surface area (Å²) < 4.78 is 7.31. The summed E-state index contributed by atoms with van der Waals surface area (Å²) in [5.74, 6) is 1.20. The van der Waals surface area contributed by atoms with Crippen LogP contribution in [0.3, 0.4) is 0 Å². The van der Waals surface area contributed by atoms with Crippen molar-refractivity contribution in [2.24, 2.45) is 0 Å². The van der Waals surface area contributed by atoms with Crippen molar-refractivity contribution in [3.05, 3.63) is 5.82 Å². The second kappa shape index (κ2) is 2.75. The molecule has 5 heteroatoms. The summed E-state index contributed by atoms with van der Waals surface area (Å²) in [6.07, 6.45) is 0.988. The number of ether oxygens (including phenoxy) is 1. The van der Waals surface area contributed by atoms with Gasteiger partial charge in [0.2, 0.25) is 5.95 Å². The van der Waals surface area contributed by atoms with Crippen molar-refractivity contribution in [1.82, 2.24) is 14.8 Å². The van der Waals surface area contributed by atoms with Gasteiger partial charge in [0.05, 0.1) is 13.2 Å².